The Morgan fingerprint density at radius 3 is 2.29 bits per heavy atom. The maximum Gasteiger partial charge on any atom is 0.248 e. The lowest BCUT2D eigenvalue weighted by Gasteiger charge is -2.16. The smallest absolute Gasteiger partial charge is 0.248 e. The number of benzene rings is 1. The van der Waals surface area contributed by atoms with E-state index in [-0.39, 0.29) is 5.91 Å². The molecule has 3 heteroatoms. The molecule has 1 amide bonds. The Hall–Kier alpha value is -1.35. The number of amides is 1. The summed E-state index contributed by atoms with van der Waals surface area (Å²) in [4.78, 5) is 10.9. The summed E-state index contributed by atoms with van der Waals surface area (Å²) in [6, 6.07) is 7.41. The van der Waals surface area contributed by atoms with Crippen molar-refractivity contribution in [1.82, 2.24) is 5.32 Å². The van der Waals surface area contributed by atoms with E-state index in [0.29, 0.717) is 17.4 Å². The lowest BCUT2D eigenvalue weighted by atomic mass is 9.98. The number of carbonyl (C=O) groups is 1. The van der Waals surface area contributed by atoms with Gasteiger partial charge in [0.2, 0.25) is 5.91 Å². The molecular formula is C14H22N2O. The Morgan fingerprint density at radius 2 is 1.82 bits per heavy atom. The molecule has 0 radical (unpaired) electrons. The molecule has 0 saturated carbocycles. The molecule has 1 rings (SSSR count). The number of hydrogen-bond acceptors (Lipinski definition) is 2. The highest BCUT2D eigenvalue weighted by molar-refractivity contribution is 5.92. The summed E-state index contributed by atoms with van der Waals surface area (Å²) >= 11 is 0. The fourth-order valence-corrected chi connectivity index (χ4v) is 1.47. The van der Waals surface area contributed by atoms with E-state index in [0.717, 1.165) is 13.1 Å². The number of hydrogen-bond donors (Lipinski definition) is 2. The van der Waals surface area contributed by atoms with E-state index in [4.69, 9.17) is 5.73 Å². The second-order valence-corrected chi connectivity index (χ2v) is 4.91. The molecule has 3 nitrogen and oxygen atoms in total. The summed E-state index contributed by atoms with van der Waals surface area (Å²) in [5.74, 6) is 0.984. The first kappa shape index (κ1) is 13.7. The lowest BCUT2D eigenvalue weighted by Crippen LogP contribution is -2.23. The molecule has 1 aromatic carbocycles. The third kappa shape index (κ3) is 4.57. The average Bonchev–Trinajstić information content (AvgIpc) is 2.29. The molecule has 0 saturated heterocycles. The van der Waals surface area contributed by atoms with Gasteiger partial charge in [0.15, 0.2) is 0 Å². The second-order valence-electron chi connectivity index (χ2n) is 4.91. The number of rotatable bonds is 6. The molecule has 1 aromatic rings. The third-order valence-electron chi connectivity index (χ3n) is 3.17. The van der Waals surface area contributed by atoms with Crippen LogP contribution in [0.1, 0.15) is 36.7 Å². The predicted molar refractivity (Wildman–Crippen MR) is 70.7 cm³/mol. The molecule has 0 fully saturated rings. The maximum atomic E-state index is 10.9. The average molecular weight is 234 g/mol. The van der Waals surface area contributed by atoms with Crippen molar-refractivity contribution in [2.75, 3.05) is 6.54 Å². The molecule has 3 N–H and O–H groups in total. The number of primary amides is 1. The van der Waals surface area contributed by atoms with Gasteiger partial charge in [-0.05, 0) is 36.1 Å². The minimum Gasteiger partial charge on any atom is -0.366 e. The highest BCUT2D eigenvalue weighted by Crippen LogP contribution is 2.08. The standard InChI is InChI=1S/C14H22N2O/c1-10(2)11(3)8-16-9-12-4-6-13(7-5-12)14(15)17/h4-7,10-11,16H,8-9H2,1-3H3,(H2,15,17). The predicted octanol–water partition coefficient (Wildman–Crippen LogP) is 2.17. The van der Waals surface area contributed by atoms with Crippen LogP contribution in [0.5, 0.6) is 0 Å². The molecule has 0 spiro atoms. The lowest BCUT2D eigenvalue weighted by molar-refractivity contribution is 0.100. The second kappa shape index (κ2) is 6.40. The zero-order valence-electron chi connectivity index (χ0n) is 10.9. The van der Waals surface area contributed by atoms with E-state index in [1.54, 1.807) is 12.1 Å². The van der Waals surface area contributed by atoms with E-state index in [9.17, 15) is 4.79 Å². The summed E-state index contributed by atoms with van der Waals surface area (Å²) in [5, 5.41) is 3.42. The molecule has 17 heavy (non-hydrogen) atoms. The highest BCUT2D eigenvalue weighted by Gasteiger charge is 2.06. The van der Waals surface area contributed by atoms with Crippen LogP contribution in [-0.4, -0.2) is 12.5 Å². The SMILES string of the molecule is CC(C)C(C)CNCc1ccc(C(N)=O)cc1. The number of nitrogens with two attached hydrogens (primary N) is 1. The van der Waals surface area contributed by atoms with Gasteiger partial charge in [-0.3, -0.25) is 4.79 Å². The first-order valence-electron chi connectivity index (χ1n) is 6.10. The summed E-state index contributed by atoms with van der Waals surface area (Å²) < 4.78 is 0. The zero-order valence-corrected chi connectivity index (χ0v) is 10.9. The number of carbonyl (C=O) groups excluding carboxylic acids is 1. The summed E-state index contributed by atoms with van der Waals surface area (Å²) in [6.45, 7) is 8.54. The Morgan fingerprint density at radius 1 is 1.24 bits per heavy atom. The first-order valence-corrected chi connectivity index (χ1v) is 6.10. The van der Waals surface area contributed by atoms with Crippen LogP contribution in [-0.2, 0) is 6.54 Å². The Labute approximate surface area is 103 Å². The van der Waals surface area contributed by atoms with Crippen LogP contribution >= 0.6 is 0 Å². The van der Waals surface area contributed by atoms with E-state index in [1.807, 2.05) is 12.1 Å². The normalized spacial score (nSPS) is 12.7. The van der Waals surface area contributed by atoms with Gasteiger partial charge in [-0.2, -0.15) is 0 Å². The topological polar surface area (TPSA) is 55.1 Å². The van der Waals surface area contributed by atoms with E-state index in [1.165, 1.54) is 5.56 Å². The third-order valence-corrected chi connectivity index (χ3v) is 3.17. The minimum atomic E-state index is -0.377. The van der Waals surface area contributed by atoms with Gasteiger partial charge in [0.25, 0.3) is 0 Å². The Balaban J connectivity index is 2.40. The van der Waals surface area contributed by atoms with Crippen molar-refractivity contribution >= 4 is 5.91 Å². The molecule has 0 bridgehead atoms. The van der Waals surface area contributed by atoms with Crippen molar-refractivity contribution in [3.8, 4) is 0 Å². The van der Waals surface area contributed by atoms with E-state index in [2.05, 4.69) is 26.1 Å². The van der Waals surface area contributed by atoms with Crippen LogP contribution in [0.25, 0.3) is 0 Å². The first-order chi connectivity index (χ1) is 8.00. The fraction of sp³-hybridized carbons (Fsp3) is 0.500. The maximum absolute atomic E-state index is 10.9. The van der Waals surface area contributed by atoms with Crippen LogP contribution in [0, 0.1) is 11.8 Å². The van der Waals surface area contributed by atoms with E-state index >= 15 is 0 Å². The van der Waals surface area contributed by atoms with E-state index < -0.39 is 0 Å². The zero-order chi connectivity index (χ0) is 12.8. The van der Waals surface area contributed by atoms with Gasteiger partial charge in [-0.1, -0.05) is 32.9 Å². The summed E-state index contributed by atoms with van der Waals surface area (Å²) in [7, 11) is 0. The molecule has 94 valence electrons. The molecule has 1 atom stereocenters. The van der Waals surface area contributed by atoms with Crippen molar-refractivity contribution in [3.63, 3.8) is 0 Å². The van der Waals surface area contributed by atoms with Crippen LogP contribution in [0.3, 0.4) is 0 Å². The van der Waals surface area contributed by atoms with Gasteiger partial charge >= 0.3 is 0 Å². The van der Waals surface area contributed by atoms with Crippen LogP contribution < -0.4 is 11.1 Å². The highest BCUT2D eigenvalue weighted by atomic mass is 16.1. The van der Waals surface area contributed by atoms with Gasteiger partial charge < -0.3 is 11.1 Å². The Bertz CT molecular complexity index is 357. The van der Waals surface area contributed by atoms with Gasteiger partial charge in [0.1, 0.15) is 0 Å². The molecule has 0 aliphatic carbocycles. The van der Waals surface area contributed by atoms with Crippen LogP contribution in [0.2, 0.25) is 0 Å². The molecule has 0 heterocycles. The monoisotopic (exact) mass is 234 g/mol. The Kier molecular flexibility index (Phi) is 5.16. The molecule has 0 aliphatic rings. The van der Waals surface area contributed by atoms with Gasteiger partial charge in [-0.15, -0.1) is 0 Å². The summed E-state index contributed by atoms with van der Waals surface area (Å²) in [6.07, 6.45) is 0. The van der Waals surface area contributed by atoms with Crippen molar-refractivity contribution in [1.29, 1.82) is 0 Å². The van der Waals surface area contributed by atoms with Crippen molar-refractivity contribution in [2.45, 2.75) is 27.3 Å². The quantitative estimate of drug-likeness (QED) is 0.792. The van der Waals surface area contributed by atoms with Crippen LogP contribution in [0.15, 0.2) is 24.3 Å². The van der Waals surface area contributed by atoms with Crippen molar-refractivity contribution in [3.05, 3.63) is 35.4 Å². The van der Waals surface area contributed by atoms with Gasteiger partial charge in [-0.25, -0.2) is 0 Å². The number of nitrogens with one attached hydrogen (secondary N) is 1. The van der Waals surface area contributed by atoms with Crippen LogP contribution in [0.4, 0.5) is 0 Å². The molecule has 1 unspecified atom stereocenters. The minimum absolute atomic E-state index is 0.377. The van der Waals surface area contributed by atoms with Gasteiger partial charge in [0.05, 0.1) is 0 Å². The largest absolute Gasteiger partial charge is 0.366 e. The van der Waals surface area contributed by atoms with Crippen molar-refractivity contribution < 1.29 is 4.79 Å². The molecule has 0 aromatic heterocycles. The van der Waals surface area contributed by atoms with Gasteiger partial charge in [0, 0.05) is 12.1 Å². The molecular weight excluding hydrogens is 212 g/mol. The summed E-state index contributed by atoms with van der Waals surface area (Å²) in [5.41, 5.74) is 6.91. The molecule has 0 aliphatic heterocycles. The van der Waals surface area contributed by atoms with Crippen molar-refractivity contribution in [2.24, 2.45) is 17.6 Å². The fourth-order valence-electron chi connectivity index (χ4n) is 1.47.